The molecule has 2 heterocycles. The van der Waals surface area contributed by atoms with Crippen molar-refractivity contribution in [3.05, 3.63) is 33.7 Å². The van der Waals surface area contributed by atoms with Crippen LogP contribution in [0, 0.1) is 10.5 Å². The summed E-state index contributed by atoms with van der Waals surface area (Å²) in [6, 6.07) is 3.86. The molecule has 15 heavy (non-hydrogen) atoms. The third-order valence-electron chi connectivity index (χ3n) is 1.91. The Morgan fingerprint density at radius 3 is 2.60 bits per heavy atom. The van der Waals surface area contributed by atoms with E-state index in [1.807, 2.05) is 19.1 Å². The first kappa shape index (κ1) is 10.3. The zero-order chi connectivity index (χ0) is 10.8. The summed E-state index contributed by atoms with van der Waals surface area (Å²) in [6.07, 6.45) is 3.48. The van der Waals surface area contributed by atoms with Crippen LogP contribution in [0.1, 0.15) is 5.56 Å². The lowest BCUT2D eigenvalue weighted by atomic mass is 10.2. The molecule has 0 unspecified atom stereocenters. The molecule has 0 spiro atoms. The van der Waals surface area contributed by atoms with Crippen LogP contribution in [0.15, 0.2) is 24.5 Å². The molecule has 4 nitrogen and oxygen atoms in total. The summed E-state index contributed by atoms with van der Waals surface area (Å²) in [5.74, 6) is 1.05. The van der Waals surface area contributed by atoms with Crippen molar-refractivity contribution in [2.75, 3.05) is 5.73 Å². The zero-order valence-electron chi connectivity index (χ0n) is 8.11. The third kappa shape index (κ3) is 2.23. The predicted octanol–water partition coefficient (Wildman–Crippen LogP) is 2.03. The van der Waals surface area contributed by atoms with Crippen LogP contribution >= 0.6 is 22.6 Å². The number of nitrogen functional groups attached to an aromatic ring is 1. The van der Waals surface area contributed by atoms with Gasteiger partial charge in [0.1, 0.15) is 11.5 Å². The van der Waals surface area contributed by atoms with Gasteiger partial charge in [-0.05, 0) is 41.1 Å². The summed E-state index contributed by atoms with van der Waals surface area (Å²) in [5, 5.41) is 0. The van der Waals surface area contributed by atoms with E-state index in [-0.39, 0.29) is 0 Å². The number of aromatic nitrogens is 3. The molecule has 0 atom stereocenters. The highest BCUT2D eigenvalue weighted by Crippen LogP contribution is 2.16. The Morgan fingerprint density at radius 2 is 2.00 bits per heavy atom. The highest BCUT2D eigenvalue weighted by Gasteiger charge is 2.04. The third-order valence-corrected chi connectivity index (χ3v) is 2.74. The van der Waals surface area contributed by atoms with E-state index in [2.05, 4.69) is 37.5 Å². The van der Waals surface area contributed by atoms with Gasteiger partial charge in [0.25, 0.3) is 0 Å². The first-order valence-corrected chi connectivity index (χ1v) is 5.46. The highest BCUT2D eigenvalue weighted by molar-refractivity contribution is 14.1. The normalized spacial score (nSPS) is 10.3. The molecule has 0 amide bonds. The Bertz CT molecular complexity index is 481. The van der Waals surface area contributed by atoms with Gasteiger partial charge in [0.2, 0.25) is 0 Å². The second-order valence-corrected chi connectivity index (χ2v) is 4.31. The Hall–Kier alpha value is -1.24. The Labute approximate surface area is 101 Å². The van der Waals surface area contributed by atoms with Crippen LogP contribution in [0.5, 0.6) is 0 Å². The number of halogens is 1. The predicted molar refractivity (Wildman–Crippen MR) is 67.1 cm³/mol. The topological polar surface area (TPSA) is 64.7 Å². The van der Waals surface area contributed by atoms with Crippen LogP contribution in [-0.4, -0.2) is 15.0 Å². The molecule has 0 aliphatic heterocycles. The summed E-state index contributed by atoms with van der Waals surface area (Å²) < 4.78 is 0.850. The molecule has 2 rings (SSSR count). The Kier molecular flexibility index (Phi) is 2.81. The van der Waals surface area contributed by atoms with Gasteiger partial charge in [-0.2, -0.15) is 0 Å². The van der Waals surface area contributed by atoms with Crippen LogP contribution in [0.2, 0.25) is 0 Å². The SMILES string of the molecule is Cc1ccc(-c2ncc(I)c(N)n2)nc1. The zero-order valence-corrected chi connectivity index (χ0v) is 10.3. The maximum atomic E-state index is 5.70. The van der Waals surface area contributed by atoms with Crippen molar-refractivity contribution in [1.29, 1.82) is 0 Å². The smallest absolute Gasteiger partial charge is 0.180 e. The van der Waals surface area contributed by atoms with Crippen molar-refractivity contribution in [1.82, 2.24) is 15.0 Å². The minimum atomic E-state index is 0.489. The maximum Gasteiger partial charge on any atom is 0.180 e. The molecule has 2 aromatic heterocycles. The molecule has 0 radical (unpaired) electrons. The first-order valence-electron chi connectivity index (χ1n) is 4.38. The Morgan fingerprint density at radius 1 is 1.20 bits per heavy atom. The van der Waals surface area contributed by atoms with Gasteiger partial charge < -0.3 is 5.73 Å². The lowest BCUT2D eigenvalue weighted by Crippen LogP contribution is -1.99. The minimum absolute atomic E-state index is 0.489. The van der Waals surface area contributed by atoms with Gasteiger partial charge in [-0.25, -0.2) is 9.97 Å². The second kappa shape index (κ2) is 4.09. The molecule has 0 aliphatic carbocycles. The molecular formula is C10H9IN4. The fourth-order valence-electron chi connectivity index (χ4n) is 1.10. The number of nitrogens with two attached hydrogens (primary N) is 1. The van der Waals surface area contributed by atoms with E-state index in [1.54, 1.807) is 12.4 Å². The van der Waals surface area contributed by atoms with Gasteiger partial charge in [-0.15, -0.1) is 0 Å². The minimum Gasteiger partial charge on any atom is -0.383 e. The number of aryl methyl sites for hydroxylation is 1. The molecule has 0 aliphatic rings. The quantitative estimate of drug-likeness (QED) is 0.818. The molecule has 5 heteroatoms. The van der Waals surface area contributed by atoms with Crippen LogP contribution in [0.25, 0.3) is 11.5 Å². The highest BCUT2D eigenvalue weighted by atomic mass is 127. The van der Waals surface area contributed by atoms with E-state index in [0.29, 0.717) is 11.6 Å². The molecular weight excluding hydrogens is 303 g/mol. The number of pyridine rings is 1. The van der Waals surface area contributed by atoms with Crippen LogP contribution in [-0.2, 0) is 0 Å². The second-order valence-electron chi connectivity index (χ2n) is 3.15. The number of hydrogen-bond acceptors (Lipinski definition) is 4. The van der Waals surface area contributed by atoms with Crippen molar-refractivity contribution in [3.8, 4) is 11.5 Å². The van der Waals surface area contributed by atoms with E-state index in [4.69, 9.17) is 5.73 Å². The lowest BCUT2D eigenvalue weighted by Gasteiger charge is -2.01. The molecule has 0 bridgehead atoms. The molecule has 0 saturated carbocycles. The summed E-state index contributed by atoms with van der Waals surface area (Å²) in [6.45, 7) is 1.99. The molecule has 2 aromatic rings. The van der Waals surface area contributed by atoms with E-state index in [9.17, 15) is 0 Å². The first-order chi connectivity index (χ1) is 7.16. The lowest BCUT2D eigenvalue weighted by molar-refractivity contribution is 1.13. The van der Waals surface area contributed by atoms with Gasteiger partial charge in [0.05, 0.1) is 3.57 Å². The largest absolute Gasteiger partial charge is 0.383 e. The van der Waals surface area contributed by atoms with Crippen molar-refractivity contribution >= 4 is 28.4 Å². The van der Waals surface area contributed by atoms with Gasteiger partial charge in [-0.1, -0.05) is 6.07 Å². The Balaban J connectivity index is 2.45. The van der Waals surface area contributed by atoms with E-state index < -0.39 is 0 Å². The van der Waals surface area contributed by atoms with Crippen molar-refractivity contribution in [3.63, 3.8) is 0 Å². The van der Waals surface area contributed by atoms with Crippen molar-refractivity contribution in [2.45, 2.75) is 6.92 Å². The number of rotatable bonds is 1. The summed E-state index contributed by atoms with van der Waals surface area (Å²) in [5.41, 5.74) is 7.55. The van der Waals surface area contributed by atoms with Gasteiger partial charge in [0.15, 0.2) is 5.82 Å². The fraction of sp³-hybridized carbons (Fsp3) is 0.100. The van der Waals surface area contributed by atoms with Crippen molar-refractivity contribution in [2.24, 2.45) is 0 Å². The molecule has 2 N–H and O–H groups in total. The number of anilines is 1. The summed E-state index contributed by atoms with van der Waals surface area (Å²) in [4.78, 5) is 12.6. The number of nitrogens with zero attached hydrogens (tertiary/aromatic N) is 3. The van der Waals surface area contributed by atoms with Crippen LogP contribution in [0.4, 0.5) is 5.82 Å². The standard InChI is InChI=1S/C10H9IN4/c1-6-2-3-8(13-4-6)10-14-5-7(11)9(12)15-10/h2-5H,1H3,(H2,12,14,15). The van der Waals surface area contributed by atoms with E-state index >= 15 is 0 Å². The average Bonchev–Trinajstić information content (AvgIpc) is 2.23. The van der Waals surface area contributed by atoms with E-state index in [0.717, 1.165) is 14.8 Å². The van der Waals surface area contributed by atoms with Crippen LogP contribution in [0.3, 0.4) is 0 Å². The van der Waals surface area contributed by atoms with Gasteiger partial charge >= 0.3 is 0 Å². The van der Waals surface area contributed by atoms with Gasteiger partial charge in [0, 0.05) is 12.4 Å². The molecule has 76 valence electrons. The van der Waals surface area contributed by atoms with Crippen LogP contribution < -0.4 is 5.73 Å². The van der Waals surface area contributed by atoms with Gasteiger partial charge in [-0.3, -0.25) is 4.98 Å². The average molecular weight is 312 g/mol. The van der Waals surface area contributed by atoms with E-state index in [1.165, 1.54) is 0 Å². The monoisotopic (exact) mass is 312 g/mol. The summed E-state index contributed by atoms with van der Waals surface area (Å²) in [7, 11) is 0. The number of hydrogen-bond donors (Lipinski definition) is 1. The summed E-state index contributed by atoms with van der Waals surface area (Å²) >= 11 is 2.10. The fourth-order valence-corrected chi connectivity index (χ4v) is 1.36. The molecule has 0 aromatic carbocycles. The van der Waals surface area contributed by atoms with Crippen molar-refractivity contribution < 1.29 is 0 Å². The maximum absolute atomic E-state index is 5.70. The molecule has 0 saturated heterocycles. The molecule has 0 fully saturated rings.